The summed E-state index contributed by atoms with van der Waals surface area (Å²) in [6.07, 6.45) is 2.86. The van der Waals surface area contributed by atoms with E-state index in [1.54, 1.807) is 0 Å². The van der Waals surface area contributed by atoms with Crippen molar-refractivity contribution in [3.63, 3.8) is 0 Å². The number of nitrogens with one attached hydrogen (secondary N) is 1. The van der Waals surface area contributed by atoms with Gasteiger partial charge in [-0.1, -0.05) is 0 Å². The molecule has 1 heterocycles. The summed E-state index contributed by atoms with van der Waals surface area (Å²) in [6, 6.07) is 0. The van der Waals surface area contributed by atoms with E-state index in [1.807, 2.05) is 0 Å². The van der Waals surface area contributed by atoms with E-state index in [4.69, 9.17) is 0 Å². The van der Waals surface area contributed by atoms with Crippen molar-refractivity contribution < 1.29 is 42.3 Å². The summed E-state index contributed by atoms with van der Waals surface area (Å²) in [4.78, 5) is 0. The number of hydrogen-bond acceptors (Lipinski definition) is 1. The van der Waals surface area contributed by atoms with E-state index in [-0.39, 0.29) is 24.0 Å². The van der Waals surface area contributed by atoms with E-state index in [9.17, 15) is 0 Å². The molecule has 44 valence electrons. The Morgan fingerprint density at radius 3 is 2.00 bits per heavy atom. The van der Waals surface area contributed by atoms with Crippen LogP contribution in [0.25, 0.3) is 0 Å². The van der Waals surface area contributed by atoms with E-state index in [0.29, 0.717) is 0 Å². The average Bonchev–Trinajstić information content (AvgIpc) is 1.69. The van der Waals surface area contributed by atoms with Crippen LogP contribution in [0.5, 0.6) is 0 Å². The van der Waals surface area contributed by atoms with Gasteiger partial charge in [-0.05, 0) is 0 Å². The molecule has 1 rings (SSSR count). The molecule has 1 aliphatic rings. The SMILES string of the molecule is [I-].[Zn+][CH]1CCNCC1. The maximum atomic E-state index is 3.34. The third-order valence-corrected chi connectivity index (χ3v) is 3.17. The predicted molar refractivity (Wildman–Crippen MR) is 25.9 cm³/mol. The number of rotatable bonds is 0. The van der Waals surface area contributed by atoms with Gasteiger partial charge in [-0.2, -0.15) is 0 Å². The third-order valence-electron chi connectivity index (χ3n) is 1.46. The van der Waals surface area contributed by atoms with Crippen molar-refractivity contribution in [3.05, 3.63) is 0 Å². The van der Waals surface area contributed by atoms with Crippen molar-refractivity contribution in [2.45, 2.75) is 17.4 Å². The molecule has 0 bridgehead atoms. The molecule has 0 atom stereocenters. The Hall–Kier alpha value is 1.31. The van der Waals surface area contributed by atoms with E-state index < -0.39 is 0 Å². The van der Waals surface area contributed by atoms with Crippen molar-refractivity contribution in [1.82, 2.24) is 5.32 Å². The Bertz CT molecular complexity index is 54.4. The van der Waals surface area contributed by atoms with Gasteiger partial charge in [0.15, 0.2) is 0 Å². The fraction of sp³-hybridized carbons (Fsp3) is 1.00. The fourth-order valence-corrected chi connectivity index (χ4v) is 1.74. The van der Waals surface area contributed by atoms with Gasteiger partial charge < -0.3 is 24.0 Å². The molecule has 1 nitrogen and oxygen atoms in total. The monoisotopic (exact) mass is 275 g/mol. The Morgan fingerprint density at radius 1 is 1.25 bits per heavy atom. The summed E-state index contributed by atoms with van der Waals surface area (Å²) in [6.45, 7) is 2.54. The summed E-state index contributed by atoms with van der Waals surface area (Å²) < 4.78 is 1.10. The maximum absolute atomic E-state index is 3.34. The zero-order valence-electron chi connectivity index (χ0n) is 4.99. The first-order valence-electron chi connectivity index (χ1n) is 2.93. The molecule has 0 saturated carbocycles. The molecule has 1 fully saturated rings. The first-order valence-corrected chi connectivity index (χ1v) is 4.64. The molecule has 0 aromatic rings. The Labute approximate surface area is 77.7 Å². The topological polar surface area (TPSA) is 12.0 Å². The molecular weight excluding hydrogens is 266 g/mol. The molecule has 0 aliphatic carbocycles. The second-order valence-electron chi connectivity index (χ2n) is 2.19. The molecular formula is C5H10INZn. The van der Waals surface area contributed by atoms with Gasteiger partial charge in [-0.25, -0.2) is 0 Å². The molecule has 0 unspecified atom stereocenters. The van der Waals surface area contributed by atoms with Gasteiger partial charge in [0, 0.05) is 0 Å². The first kappa shape index (κ1) is 9.31. The van der Waals surface area contributed by atoms with Crippen molar-refractivity contribution >= 4 is 0 Å². The minimum absolute atomic E-state index is 0. The van der Waals surface area contributed by atoms with E-state index in [0.717, 1.165) is 4.51 Å². The molecule has 1 aliphatic heterocycles. The Balaban J connectivity index is 0.000000490. The van der Waals surface area contributed by atoms with Gasteiger partial charge in [0.2, 0.25) is 0 Å². The number of hydrogen-bond donors (Lipinski definition) is 1. The van der Waals surface area contributed by atoms with Crippen LogP contribution in [0, 0.1) is 0 Å². The van der Waals surface area contributed by atoms with Crippen molar-refractivity contribution in [2.75, 3.05) is 13.1 Å². The summed E-state index contributed by atoms with van der Waals surface area (Å²) in [5, 5.41) is 3.34. The normalized spacial score (nSPS) is 22.2. The molecule has 0 aromatic carbocycles. The Morgan fingerprint density at radius 2 is 1.75 bits per heavy atom. The molecule has 8 heavy (non-hydrogen) atoms. The average molecular weight is 276 g/mol. The van der Waals surface area contributed by atoms with Crippen LogP contribution >= 0.6 is 0 Å². The number of piperidine rings is 1. The van der Waals surface area contributed by atoms with Gasteiger partial charge in [0.25, 0.3) is 0 Å². The quantitative estimate of drug-likeness (QED) is 0.388. The molecule has 0 aromatic heterocycles. The van der Waals surface area contributed by atoms with Crippen LogP contribution in [0.1, 0.15) is 12.8 Å². The summed E-state index contributed by atoms with van der Waals surface area (Å²) in [5.41, 5.74) is 0. The van der Waals surface area contributed by atoms with Crippen LogP contribution in [-0.2, 0) is 18.3 Å². The van der Waals surface area contributed by atoms with Gasteiger partial charge in [-0.3, -0.25) is 0 Å². The molecule has 0 amide bonds. The van der Waals surface area contributed by atoms with E-state index >= 15 is 0 Å². The zero-order chi connectivity index (χ0) is 5.11. The van der Waals surface area contributed by atoms with Crippen LogP contribution in [0.3, 0.4) is 0 Å². The van der Waals surface area contributed by atoms with Crippen LogP contribution in [0.4, 0.5) is 0 Å². The van der Waals surface area contributed by atoms with Gasteiger partial charge in [-0.15, -0.1) is 0 Å². The van der Waals surface area contributed by atoms with Crippen LogP contribution in [0.15, 0.2) is 0 Å². The third kappa shape index (κ3) is 3.36. The van der Waals surface area contributed by atoms with E-state index in [1.165, 1.54) is 44.2 Å². The minimum atomic E-state index is 0. The number of halogens is 1. The van der Waals surface area contributed by atoms with Gasteiger partial charge >= 0.3 is 54.1 Å². The first-order chi connectivity index (χ1) is 3.39. The second-order valence-corrected chi connectivity index (χ2v) is 4.62. The van der Waals surface area contributed by atoms with Crippen LogP contribution < -0.4 is 29.3 Å². The van der Waals surface area contributed by atoms with Crippen molar-refractivity contribution in [2.24, 2.45) is 0 Å². The molecule has 1 saturated heterocycles. The van der Waals surface area contributed by atoms with E-state index in [2.05, 4.69) is 5.32 Å². The fourth-order valence-electron chi connectivity index (χ4n) is 0.882. The summed E-state index contributed by atoms with van der Waals surface area (Å²) >= 11 is 1.50. The summed E-state index contributed by atoms with van der Waals surface area (Å²) in [5.74, 6) is 0. The van der Waals surface area contributed by atoms with Gasteiger partial charge in [0.05, 0.1) is 0 Å². The standard InChI is InChI=1S/C5H10N.HI.Zn/c1-2-4-6-5-3-1;;/h1,6H,2-5H2;1H;/q;;+1/p-1. The molecule has 3 heteroatoms. The second kappa shape index (κ2) is 5.13. The van der Waals surface area contributed by atoms with Crippen molar-refractivity contribution in [3.8, 4) is 0 Å². The molecule has 0 spiro atoms. The predicted octanol–water partition coefficient (Wildman–Crippen LogP) is -2.29. The zero-order valence-corrected chi connectivity index (χ0v) is 10.1. The Kier molecular flexibility index (Phi) is 5.97. The van der Waals surface area contributed by atoms with Crippen molar-refractivity contribution in [1.29, 1.82) is 0 Å². The van der Waals surface area contributed by atoms with Crippen LogP contribution in [0.2, 0.25) is 4.51 Å². The van der Waals surface area contributed by atoms with Gasteiger partial charge in [0.1, 0.15) is 0 Å². The molecule has 1 N–H and O–H groups in total. The summed E-state index contributed by atoms with van der Waals surface area (Å²) in [7, 11) is 0. The van der Waals surface area contributed by atoms with Crippen LogP contribution in [-0.4, -0.2) is 13.1 Å². The molecule has 0 radical (unpaired) electrons.